The maximum atomic E-state index is 5.43. The lowest BCUT2D eigenvalue weighted by Gasteiger charge is -2.21. The molecule has 0 bridgehead atoms. The number of ether oxygens (including phenoxy) is 2. The Morgan fingerprint density at radius 1 is 1.33 bits per heavy atom. The molecule has 1 aromatic heterocycles. The van der Waals surface area contributed by atoms with Gasteiger partial charge in [-0.3, -0.25) is 4.99 Å². The summed E-state index contributed by atoms with van der Waals surface area (Å²) in [5, 5.41) is 6.50. The molecule has 0 atom stereocenters. The molecule has 0 spiro atoms. The quantitative estimate of drug-likeness (QED) is 0.642. The summed E-state index contributed by atoms with van der Waals surface area (Å²) in [5.41, 5.74) is 2.09. The number of guanidine groups is 1. The summed E-state index contributed by atoms with van der Waals surface area (Å²) in [6.07, 6.45) is 0. The van der Waals surface area contributed by atoms with Crippen molar-refractivity contribution in [1.82, 2.24) is 15.2 Å². The first-order valence-electron chi connectivity index (χ1n) is 7.61. The predicted octanol–water partition coefficient (Wildman–Crippen LogP) is 2.68. The van der Waals surface area contributed by atoms with Crippen molar-refractivity contribution in [2.75, 3.05) is 28.3 Å². The molecule has 2 rings (SSSR count). The number of nitrogens with one attached hydrogen (secondary N) is 1. The first-order valence-corrected chi connectivity index (χ1v) is 8.49. The number of rotatable bonds is 6. The number of aromatic nitrogens is 1. The predicted molar refractivity (Wildman–Crippen MR) is 98.1 cm³/mol. The zero-order chi connectivity index (χ0) is 17.5. The Morgan fingerprint density at radius 2 is 2.12 bits per heavy atom. The highest BCUT2D eigenvalue weighted by molar-refractivity contribution is 7.09. The minimum atomic E-state index is 0.611. The molecule has 1 aromatic carbocycles. The van der Waals surface area contributed by atoms with Crippen LogP contribution in [0.5, 0.6) is 11.5 Å². The second kappa shape index (κ2) is 8.54. The Kier molecular flexibility index (Phi) is 6.43. The maximum absolute atomic E-state index is 5.43. The minimum Gasteiger partial charge on any atom is -0.497 e. The highest BCUT2D eigenvalue weighted by Gasteiger charge is 2.10. The Hall–Kier alpha value is -2.28. The van der Waals surface area contributed by atoms with Crippen molar-refractivity contribution in [3.05, 3.63) is 39.8 Å². The highest BCUT2D eigenvalue weighted by Crippen LogP contribution is 2.24. The fourth-order valence-electron chi connectivity index (χ4n) is 2.36. The number of aliphatic imine (C=N–C) groups is 1. The van der Waals surface area contributed by atoms with Gasteiger partial charge in [0.1, 0.15) is 11.5 Å². The topological polar surface area (TPSA) is 59.0 Å². The summed E-state index contributed by atoms with van der Waals surface area (Å²) < 4.78 is 10.7. The molecule has 0 aliphatic heterocycles. The van der Waals surface area contributed by atoms with Gasteiger partial charge >= 0.3 is 0 Å². The third kappa shape index (κ3) is 4.61. The van der Waals surface area contributed by atoms with Crippen LogP contribution >= 0.6 is 11.3 Å². The molecule has 2 aromatic rings. The van der Waals surface area contributed by atoms with E-state index >= 15 is 0 Å². The third-order valence-corrected chi connectivity index (χ3v) is 4.39. The molecule has 0 aliphatic rings. The lowest BCUT2D eigenvalue weighted by Crippen LogP contribution is -2.38. The van der Waals surface area contributed by atoms with Crippen LogP contribution in [0.4, 0.5) is 0 Å². The van der Waals surface area contributed by atoms with E-state index in [0.717, 1.165) is 33.7 Å². The molecule has 0 radical (unpaired) electrons. The van der Waals surface area contributed by atoms with Crippen molar-refractivity contribution in [2.45, 2.75) is 20.0 Å². The summed E-state index contributed by atoms with van der Waals surface area (Å²) >= 11 is 1.66. The van der Waals surface area contributed by atoms with Crippen LogP contribution in [-0.4, -0.2) is 44.2 Å². The van der Waals surface area contributed by atoms with Gasteiger partial charge < -0.3 is 19.7 Å². The largest absolute Gasteiger partial charge is 0.497 e. The first-order chi connectivity index (χ1) is 11.6. The number of methoxy groups -OCH3 is 2. The van der Waals surface area contributed by atoms with E-state index in [1.54, 1.807) is 32.6 Å². The van der Waals surface area contributed by atoms with Gasteiger partial charge in [0.25, 0.3) is 0 Å². The molecule has 0 saturated heterocycles. The van der Waals surface area contributed by atoms with Gasteiger partial charge in [-0.15, -0.1) is 11.3 Å². The first kappa shape index (κ1) is 18.1. The van der Waals surface area contributed by atoms with Gasteiger partial charge in [-0.2, -0.15) is 0 Å². The fraction of sp³-hybridized carbons (Fsp3) is 0.412. The van der Waals surface area contributed by atoms with Crippen LogP contribution in [0.25, 0.3) is 0 Å². The van der Waals surface area contributed by atoms with E-state index < -0.39 is 0 Å². The van der Waals surface area contributed by atoms with Gasteiger partial charge in [0.2, 0.25) is 0 Å². The number of nitrogens with zero attached hydrogens (tertiary/aromatic N) is 3. The SMILES string of the molecule is CN=C(NCc1ccc(OC)cc1OC)N(C)Cc1csc(C)n1. The molecule has 24 heavy (non-hydrogen) atoms. The zero-order valence-electron chi connectivity index (χ0n) is 14.8. The smallest absolute Gasteiger partial charge is 0.194 e. The number of hydrogen-bond donors (Lipinski definition) is 1. The van der Waals surface area contributed by atoms with Gasteiger partial charge in [0, 0.05) is 37.6 Å². The van der Waals surface area contributed by atoms with E-state index in [-0.39, 0.29) is 0 Å². The molecule has 130 valence electrons. The number of hydrogen-bond acceptors (Lipinski definition) is 5. The summed E-state index contributed by atoms with van der Waals surface area (Å²) in [6.45, 7) is 3.33. The Morgan fingerprint density at radius 3 is 2.71 bits per heavy atom. The van der Waals surface area contributed by atoms with Crippen molar-refractivity contribution < 1.29 is 9.47 Å². The van der Waals surface area contributed by atoms with Crippen LogP contribution in [0.15, 0.2) is 28.6 Å². The van der Waals surface area contributed by atoms with Crippen LogP contribution < -0.4 is 14.8 Å². The van der Waals surface area contributed by atoms with Gasteiger partial charge in [-0.05, 0) is 19.1 Å². The Bertz CT molecular complexity index is 700. The van der Waals surface area contributed by atoms with Crippen molar-refractivity contribution >= 4 is 17.3 Å². The monoisotopic (exact) mass is 348 g/mol. The van der Waals surface area contributed by atoms with Crippen LogP contribution in [0, 0.1) is 6.92 Å². The summed E-state index contributed by atoms with van der Waals surface area (Å²) in [5.74, 6) is 2.37. The van der Waals surface area contributed by atoms with Crippen molar-refractivity contribution in [3.8, 4) is 11.5 Å². The average molecular weight is 348 g/mol. The van der Waals surface area contributed by atoms with Gasteiger partial charge in [0.15, 0.2) is 5.96 Å². The van der Waals surface area contributed by atoms with Crippen molar-refractivity contribution in [3.63, 3.8) is 0 Å². The molecular weight excluding hydrogens is 324 g/mol. The number of thiazole rings is 1. The van der Waals surface area contributed by atoms with Gasteiger partial charge in [-0.25, -0.2) is 4.98 Å². The summed E-state index contributed by atoms with van der Waals surface area (Å²) in [6, 6.07) is 5.79. The molecular formula is C17H24N4O2S. The standard InChI is InChI=1S/C17H24N4O2S/c1-12-20-14(11-24-12)10-21(3)17(18-2)19-9-13-6-7-15(22-4)8-16(13)23-5/h6-8,11H,9-10H2,1-5H3,(H,18,19). The molecule has 1 heterocycles. The van der Waals surface area contributed by atoms with Crippen molar-refractivity contribution in [2.24, 2.45) is 4.99 Å². The van der Waals surface area contributed by atoms with E-state index in [9.17, 15) is 0 Å². The van der Waals surface area contributed by atoms with Crippen LogP contribution in [0.3, 0.4) is 0 Å². The summed E-state index contributed by atoms with van der Waals surface area (Å²) in [7, 11) is 7.07. The second-order valence-corrected chi connectivity index (χ2v) is 6.35. The highest BCUT2D eigenvalue weighted by atomic mass is 32.1. The van der Waals surface area contributed by atoms with E-state index in [4.69, 9.17) is 9.47 Å². The van der Waals surface area contributed by atoms with E-state index in [1.165, 1.54) is 0 Å². The molecule has 6 nitrogen and oxygen atoms in total. The van der Waals surface area contributed by atoms with Gasteiger partial charge in [-0.1, -0.05) is 0 Å². The molecule has 7 heteroatoms. The maximum Gasteiger partial charge on any atom is 0.194 e. The normalized spacial score (nSPS) is 11.3. The Balaban J connectivity index is 2.00. The number of benzene rings is 1. The molecule has 0 aliphatic carbocycles. The third-order valence-electron chi connectivity index (χ3n) is 3.57. The lowest BCUT2D eigenvalue weighted by molar-refractivity contribution is 0.390. The second-order valence-electron chi connectivity index (χ2n) is 5.29. The molecule has 0 unspecified atom stereocenters. The van der Waals surface area contributed by atoms with Crippen molar-refractivity contribution in [1.29, 1.82) is 0 Å². The summed E-state index contributed by atoms with van der Waals surface area (Å²) in [4.78, 5) is 10.9. The lowest BCUT2D eigenvalue weighted by atomic mass is 10.2. The molecule has 1 N–H and O–H groups in total. The Labute approximate surface area is 147 Å². The van der Waals surface area contributed by atoms with Crippen LogP contribution in [0.2, 0.25) is 0 Å². The van der Waals surface area contributed by atoms with Crippen LogP contribution in [0.1, 0.15) is 16.3 Å². The average Bonchev–Trinajstić information content (AvgIpc) is 3.00. The number of aryl methyl sites for hydroxylation is 1. The van der Waals surface area contributed by atoms with Crippen LogP contribution in [-0.2, 0) is 13.1 Å². The molecule has 0 amide bonds. The zero-order valence-corrected chi connectivity index (χ0v) is 15.6. The minimum absolute atomic E-state index is 0.611. The van der Waals surface area contributed by atoms with E-state index in [2.05, 4.69) is 20.7 Å². The fourth-order valence-corrected chi connectivity index (χ4v) is 2.96. The molecule has 0 saturated carbocycles. The van der Waals surface area contributed by atoms with Gasteiger partial charge in [0.05, 0.1) is 31.5 Å². The van der Waals surface area contributed by atoms with E-state index in [0.29, 0.717) is 13.1 Å². The van der Waals surface area contributed by atoms with E-state index in [1.807, 2.05) is 37.1 Å². The molecule has 0 fully saturated rings.